The number of carbonyl (C=O) groups excluding carboxylic acids is 3. The summed E-state index contributed by atoms with van der Waals surface area (Å²) in [5, 5.41) is 11.4. The van der Waals surface area contributed by atoms with E-state index in [1.165, 1.54) is 30.3 Å². The first kappa shape index (κ1) is 24.0. The molecule has 2 N–H and O–H groups in total. The maximum Gasteiger partial charge on any atom is 0.335 e. The van der Waals surface area contributed by atoms with E-state index in [-0.39, 0.29) is 33.5 Å². The van der Waals surface area contributed by atoms with Crippen LogP contribution in [-0.4, -0.2) is 28.9 Å². The maximum atomic E-state index is 13.0. The van der Waals surface area contributed by atoms with Crippen LogP contribution in [-0.2, 0) is 16.2 Å². The number of ether oxygens (including phenoxy) is 1. The number of imide groups is 2. The van der Waals surface area contributed by atoms with Crippen LogP contribution in [0.3, 0.4) is 0 Å². The number of carboxylic acid groups (broad SMARTS) is 1. The molecule has 10 heteroatoms. The number of urea groups is 1. The Bertz CT molecular complexity index is 1350. The summed E-state index contributed by atoms with van der Waals surface area (Å²) >= 11 is 12.7. The highest BCUT2D eigenvalue weighted by Gasteiger charge is 2.36. The molecule has 3 aromatic carbocycles. The van der Waals surface area contributed by atoms with Crippen LogP contribution < -0.4 is 15.0 Å². The molecule has 35 heavy (non-hydrogen) atoms. The predicted octanol–water partition coefficient (Wildman–Crippen LogP) is 4.94. The topological polar surface area (TPSA) is 113 Å². The summed E-state index contributed by atoms with van der Waals surface area (Å²) in [4.78, 5) is 49.4. The van der Waals surface area contributed by atoms with Gasteiger partial charge in [-0.1, -0.05) is 53.5 Å². The van der Waals surface area contributed by atoms with E-state index in [1.807, 2.05) is 0 Å². The molecule has 4 amide bonds. The second-order valence-electron chi connectivity index (χ2n) is 7.40. The van der Waals surface area contributed by atoms with Crippen molar-refractivity contribution < 1.29 is 29.0 Å². The van der Waals surface area contributed by atoms with Gasteiger partial charge in [-0.05, 0) is 53.6 Å². The van der Waals surface area contributed by atoms with Crippen molar-refractivity contribution in [2.75, 3.05) is 4.90 Å². The molecule has 0 radical (unpaired) electrons. The first-order valence-electron chi connectivity index (χ1n) is 10.1. The number of amides is 4. The molecule has 0 aliphatic carbocycles. The average Bonchev–Trinajstić information content (AvgIpc) is 2.82. The van der Waals surface area contributed by atoms with Gasteiger partial charge in [0.05, 0.1) is 21.3 Å². The van der Waals surface area contributed by atoms with E-state index in [9.17, 15) is 19.2 Å². The molecule has 8 nitrogen and oxygen atoms in total. The van der Waals surface area contributed by atoms with Gasteiger partial charge in [0.15, 0.2) is 5.75 Å². The number of barbiturate groups is 1. The van der Waals surface area contributed by atoms with Crippen LogP contribution >= 0.6 is 23.2 Å². The van der Waals surface area contributed by atoms with Crippen LogP contribution in [0, 0.1) is 0 Å². The third-order valence-electron chi connectivity index (χ3n) is 5.03. The zero-order chi connectivity index (χ0) is 25.1. The van der Waals surface area contributed by atoms with Gasteiger partial charge in [-0.25, -0.2) is 14.5 Å². The van der Waals surface area contributed by atoms with E-state index in [4.69, 9.17) is 33.0 Å². The molecule has 0 bridgehead atoms. The standard InChI is InChI=1S/C25H16Cl2N2O6/c26-19-11-15(12-20(27)21(19)35-13-14-6-8-16(9-7-14)24(32)33)10-18-22(30)28-25(34)29(23(18)31)17-4-2-1-3-5-17/h1-12H,13H2,(H,32,33)(H,28,30,34). The fraction of sp³-hybridized carbons (Fsp3) is 0.0400. The summed E-state index contributed by atoms with van der Waals surface area (Å²) in [5.41, 5.74) is 1.23. The van der Waals surface area contributed by atoms with Crippen molar-refractivity contribution in [2.24, 2.45) is 0 Å². The summed E-state index contributed by atoms with van der Waals surface area (Å²) in [6.07, 6.45) is 1.28. The number of rotatable bonds is 6. The van der Waals surface area contributed by atoms with Crippen LogP contribution in [0.15, 0.2) is 72.3 Å². The Morgan fingerprint density at radius 1 is 0.971 bits per heavy atom. The normalized spacial score (nSPS) is 14.7. The molecule has 1 aliphatic heterocycles. The number of hydrogen-bond donors (Lipinski definition) is 2. The zero-order valence-corrected chi connectivity index (χ0v) is 19.3. The van der Waals surface area contributed by atoms with Crippen LogP contribution in [0.2, 0.25) is 10.0 Å². The summed E-state index contributed by atoms with van der Waals surface area (Å²) in [6, 6.07) is 16.4. The Balaban J connectivity index is 1.56. The average molecular weight is 511 g/mol. The number of nitrogens with one attached hydrogen (secondary N) is 1. The number of nitrogens with zero attached hydrogens (tertiary/aromatic N) is 1. The maximum absolute atomic E-state index is 13.0. The van der Waals surface area contributed by atoms with Gasteiger partial charge in [-0.15, -0.1) is 0 Å². The lowest BCUT2D eigenvalue weighted by molar-refractivity contribution is -0.122. The number of anilines is 1. The van der Waals surface area contributed by atoms with Crippen molar-refractivity contribution in [2.45, 2.75) is 6.61 Å². The molecule has 176 valence electrons. The van der Waals surface area contributed by atoms with E-state index >= 15 is 0 Å². The SMILES string of the molecule is O=C1NC(=O)N(c2ccccc2)C(=O)C1=Cc1cc(Cl)c(OCc2ccc(C(=O)O)cc2)c(Cl)c1. The minimum atomic E-state index is -1.03. The second kappa shape index (κ2) is 10.0. The van der Waals surface area contributed by atoms with Crippen molar-refractivity contribution in [3.05, 3.63) is 99.0 Å². The highest BCUT2D eigenvalue weighted by molar-refractivity contribution is 6.40. The fourth-order valence-corrected chi connectivity index (χ4v) is 3.95. The van der Waals surface area contributed by atoms with Crippen LogP contribution in [0.1, 0.15) is 21.5 Å². The van der Waals surface area contributed by atoms with Gasteiger partial charge < -0.3 is 9.84 Å². The molecule has 0 unspecified atom stereocenters. The Morgan fingerprint density at radius 2 is 1.60 bits per heavy atom. The van der Waals surface area contributed by atoms with E-state index in [2.05, 4.69) is 5.32 Å². The number of carbonyl (C=O) groups is 4. The van der Waals surface area contributed by atoms with Gasteiger partial charge >= 0.3 is 12.0 Å². The molecule has 0 spiro atoms. The minimum Gasteiger partial charge on any atom is -0.486 e. The summed E-state index contributed by atoms with van der Waals surface area (Å²) in [5.74, 6) is -2.49. The largest absolute Gasteiger partial charge is 0.486 e. The molecule has 0 atom stereocenters. The number of carboxylic acids is 1. The monoisotopic (exact) mass is 510 g/mol. The molecular weight excluding hydrogens is 495 g/mol. The summed E-state index contributed by atoms with van der Waals surface area (Å²) < 4.78 is 5.70. The Labute approximate surface area is 209 Å². The van der Waals surface area contributed by atoms with Gasteiger partial charge in [0, 0.05) is 0 Å². The molecule has 0 saturated carbocycles. The quantitative estimate of drug-likeness (QED) is 0.358. The third-order valence-corrected chi connectivity index (χ3v) is 5.59. The number of benzene rings is 3. The second-order valence-corrected chi connectivity index (χ2v) is 8.21. The highest BCUT2D eigenvalue weighted by atomic mass is 35.5. The Kier molecular flexibility index (Phi) is 6.86. The molecule has 3 aromatic rings. The van der Waals surface area contributed by atoms with Crippen molar-refractivity contribution in [1.82, 2.24) is 5.32 Å². The van der Waals surface area contributed by atoms with Crippen molar-refractivity contribution in [3.8, 4) is 5.75 Å². The highest BCUT2D eigenvalue weighted by Crippen LogP contribution is 2.36. The van der Waals surface area contributed by atoms with Crippen LogP contribution in [0.25, 0.3) is 6.08 Å². The molecular formula is C25H16Cl2N2O6. The number of halogens is 2. The first-order chi connectivity index (χ1) is 16.7. The molecule has 1 fully saturated rings. The van der Waals surface area contributed by atoms with Gasteiger partial charge in [0.1, 0.15) is 12.2 Å². The van der Waals surface area contributed by atoms with Gasteiger partial charge in [-0.2, -0.15) is 0 Å². The molecule has 1 heterocycles. The summed E-state index contributed by atoms with van der Waals surface area (Å²) in [7, 11) is 0. The minimum absolute atomic E-state index is 0.0782. The van der Waals surface area contributed by atoms with Crippen molar-refractivity contribution in [3.63, 3.8) is 0 Å². The third kappa shape index (κ3) is 5.18. The van der Waals surface area contributed by atoms with E-state index in [0.717, 1.165) is 4.90 Å². The molecule has 1 saturated heterocycles. The number of para-hydroxylation sites is 1. The summed E-state index contributed by atoms with van der Waals surface area (Å²) in [6.45, 7) is 0.0782. The number of aromatic carboxylic acids is 1. The zero-order valence-electron chi connectivity index (χ0n) is 17.8. The van der Waals surface area contributed by atoms with Gasteiger partial charge in [0.25, 0.3) is 11.8 Å². The van der Waals surface area contributed by atoms with Crippen LogP contribution in [0.4, 0.5) is 10.5 Å². The Hall–Kier alpha value is -4.14. The van der Waals surface area contributed by atoms with Crippen molar-refractivity contribution >= 4 is 58.8 Å². The Morgan fingerprint density at radius 3 is 2.20 bits per heavy atom. The van der Waals surface area contributed by atoms with E-state index in [0.29, 0.717) is 16.8 Å². The lowest BCUT2D eigenvalue weighted by Gasteiger charge is -2.26. The van der Waals surface area contributed by atoms with Crippen LogP contribution in [0.5, 0.6) is 5.75 Å². The smallest absolute Gasteiger partial charge is 0.335 e. The first-order valence-corrected chi connectivity index (χ1v) is 10.9. The van der Waals surface area contributed by atoms with E-state index < -0.39 is 23.8 Å². The van der Waals surface area contributed by atoms with Gasteiger partial charge in [-0.3, -0.25) is 14.9 Å². The van der Waals surface area contributed by atoms with E-state index in [1.54, 1.807) is 42.5 Å². The number of hydrogen-bond acceptors (Lipinski definition) is 5. The lowest BCUT2D eigenvalue weighted by Crippen LogP contribution is -2.54. The molecule has 4 rings (SSSR count). The predicted molar refractivity (Wildman–Crippen MR) is 130 cm³/mol. The lowest BCUT2D eigenvalue weighted by atomic mass is 10.1. The van der Waals surface area contributed by atoms with Crippen molar-refractivity contribution in [1.29, 1.82) is 0 Å². The fourth-order valence-electron chi connectivity index (χ4n) is 3.34. The molecule has 0 aromatic heterocycles. The molecule has 1 aliphatic rings. The van der Waals surface area contributed by atoms with Gasteiger partial charge in [0.2, 0.25) is 0 Å².